The highest BCUT2D eigenvalue weighted by Gasteiger charge is 2.03. The van der Waals surface area contributed by atoms with Gasteiger partial charge in [0, 0.05) is 12.1 Å². The average molecular weight is 250 g/mol. The fraction of sp³-hybridized carbons (Fsp3) is 0.143. The van der Waals surface area contributed by atoms with E-state index in [9.17, 15) is 13.9 Å². The van der Waals surface area contributed by atoms with E-state index in [0.29, 0.717) is 11.3 Å². The molecule has 0 saturated heterocycles. The number of aryl methyl sites for hydroxylation is 1. The summed E-state index contributed by atoms with van der Waals surface area (Å²) in [6.45, 7) is 1.85. The summed E-state index contributed by atoms with van der Waals surface area (Å²) in [4.78, 5) is 0. The van der Waals surface area contributed by atoms with E-state index in [0.717, 1.165) is 11.6 Å². The Morgan fingerprint density at radius 1 is 1.00 bits per heavy atom. The van der Waals surface area contributed by atoms with Gasteiger partial charge in [0.05, 0.1) is 0 Å². The van der Waals surface area contributed by atoms with Crippen LogP contribution in [-0.2, 0) is 6.61 Å². The van der Waals surface area contributed by atoms with Gasteiger partial charge in [0.1, 0.15) is 29.7 Å². The lowest BCUT2D eigenvalue weighted by molar-refractivity contribution is 0.302. The van der Waals surface area contributed by atoms with E-state index in [4.69, 9.17) is 4.74 Å². The van der Waals surface area contributed by atoms with E-state index in [1.165, 1.54) is 18.2 Å². The van der Waals surface area contributed by atoms with Crippen molar-refractivity contribution in [2.24, 2.45) is 0 Å². The molecule has 0 aliphatic carbocycles. The molecular weight excluding hydrogens is 238 g/mol. The molecule has 2 rings (SSSR count). The van der Waals surface area contributed by atoms with Crippen molar-refractivity contribution in [3.05, 3.63) is 59.2 Å². The van der Waals surface area contributed by atoms with Crippen molar-refractivity contribution in [3.63, 3.8) is 0 Å². The molecular formula is C14H12F2O2. The van der Waals surface area contributed by atoms with Crippen molar-refractivity contribution in [3.8, 4) is 11.5 Å². The summed E-state index contributed by atoms with van der Waals surface area (Å²) in [5.41, 5.74) is 1.24. The zero-order chi connectivity index (χ0) is 13.1. The fourth-order valence-corrected chi connectivity index (χ4v) is 1.67. The third-order valence-electron chi connectivity index (χ3n) is 2.36. The first-order chi connectivity index (χ1) is 8.52. The molecule has 2 nitrogen and oxygen atoms in total. The number of rotatable bonds is 3. The first kappa shape index (κ1) is 12.4. The highest BCUT2D eigenvalue weighted by atomic mass is 19.1. The highest BCUT2D eigenvalue weighted by molar-refractivity contribution is 5.37. The lowest BCUT2D eigenvalue weighted by atomic mass is 10.2. The number of benzene rings is 2. The number of ether oxygens (including phenoxy) is 1. The quantitative estimate of drug-likeness (QED) is 0.902. The average Bonchev–Trinajstić information content (AvgIpc) is 2.23. The van der Waals surface area contributed by atoms with Crippen molar-refractivity contribution in [2.45, 2.75) is 13.5 Å². The van der Waals surface area contributed by atoms with Crippen LogP contribution < -0.4 is 4.74 Å². The van der Waals surface area contributed by atoms with Gasteiger partial charge in [0.15, 0.2) is 0 Å². The minimum Gasteiger partial charge on any atom is -0.508 e. The number of hydrogen-bond donors (Lipinski definition) is 1. The lowest BCUT2D eigenvalue weighted by Crippen LogP contribution is -1.97. The SMILES string of the molecule is Cc1cc(O)cc(OCc2cc(F)cc(F)c2)c1. The second-order valence-corrected chi connectivity index (χ2v) is 4.07. The molecule has 2 aromatic rings. The van der Waals surface area contributed by atoms with Crippen molar-refractivity contribution in [1.82, 2.24) is 0 Å². The smallest absolute Gasteiger partial charge is 0.126 e. The molecule has 0 atom stereocenters. The van der Waals surface area contributed by atoms with Gasteiger partial charge in [-0.3, -0.25) is 0 Å². The molecule has 0 fully saturated rings. The molecule has 0 aliphatic heterocycles. The molecule has 94 valence electrons. The second kappa shape index (κ2) is 5.04. The van der Waals surface area contributed by atoms with Gasteiger partial charge in [-0.2, -0.15) is 0 Å². The highest BCUT2D eigenvalue weighted by Crippen LogP contribution is 2.22. The van der Waals surface area contributed by atoms with E-state index in [2.05, 4.69) is 0 Å². The normalized spacial score (nSPS) is 10.4. The monoisotopic (exact) mass is 250 g/mol. The van der Waals surface area contributed by atoms with E-state index < -0.39 is 11.6 Å². The number of hydrogen-bond acceptors (Lipinski definition) is 2. The van der Waals surface area contributed by atoms with Crippen LogP contribution >= 0.6 is 0 Å². The van der Waals surface area contributed by atoms with Gasteiger partial charge in [-0.1, -0.05) is 0 Å². The van der Waals surface area contributed by atoms with Crippen molar-refractivity contribution in [1.29, 1.82) is 0 Å². The zero-order valence-corrected chi connectivity index (χ0v) is 9.78. The maximum atomic E-state index is 12.9. The van der Waals surface area contributed by atoms with Gasteiger partial charge < -0.3 is 9.84 Å². The molecule has 0 saturated carbocycles. The molecule has 0 unspecified atom stereocenters. The summed E-state index contributed by atoms with van der Waals surface area (Å²) in [5, 5.41) is 9.38. The standard InChI is InChI=1S/C14H12F2O2/c1-9-2-13(17)7-14(3-9)18-8-10-4-11(15)6-12(16)5-10/h2-7,17H,8H2,1H3. The second-order valence-electron chi connectivity index (χ2n) is 4.07. The molecule has 0 heterocycles. The predicted octanol–water partition coefficient (Wildman–Crippen LogP) is 3.56. The third-order valence-corrected chi connectivity index (χ3v) is 2.36. The van der Waals surface area contributed by atoms with E-state index in [-0.39, 0.29) is 12.4 Å². The summed E-state index contributed by atoms with van der Waals surface area (Å²) in [6, 6.07) is 7.99. The summed E-state index contributed by atoms with van der Waals surface area (Å²) in [7, 11) is 0. The topological polar surface area (TPSA) is 29.5 Å². The van der Waals surface area contributed by atoms with E-state index >= 15 is 0 Å². The van der Waals surface area contributed by atoms with Crippen molar-refractivity contribution in [2.75, 3.05) is 0 Å². The Morgan fingerprint density at radius 3 is 2.28 bits per heavy atom. The minimum absolute atomic E-state index is 0.0393. The number of phenols is 1. The Balaban J connectivity index is 2.11. The Bertz CT molecular complexity index is 476. The molecule has 0 aromatic heterocycles. The first-order valence-electron chi connectivity index (χ1n) is 5.41. The van der Waals surface area contributed by atoms with Crippen molar-refractivity contribution >= 4 is 0 Å². The van der Waals surface area contributed by atoms with Crippen LogP contribution in [0.1, 0.15) is 11.1 Å². The Kier molecular flexibility index (Phi) is 3.46. The van der Waals surface area contributed by atoms with Crippen LogP contribution in [0.15, 0.2) is 36.4 Å². The molecule has 0 bridgehead atoms. The van der Waals surface area contributed by atoms with Crippen LogP contribution in [0.25, 0.3) is 0 Å². The molecule has 4 heteroatoms. The molecule has 2 aromatic carbocycles. The van der Waals surface area contributed by atoms with Crippen LogP contribution in [0.2, 0.25) is 0 Å². The summed E-state index contributed by atoms with van der Waals surface area (Å²) in [6.07, 6.45) is 0. The number of phenolic OH excluding ortho intramolecular Hbond substituents is 1. The molecule has 0 aliphatic rings. The molecule has 18 heavy (non-hydrogen) atoms. The lowest BCUT2D eigenvalue weighted by Gasteiger charge is -2.08. The van der Waals surface area contributed by atoms with Crippen LogP contribution in [0.5, 0.6) is 11.5 Å². The Labute approximate surface area is 103 Å². The molecule has 1 N–H and O–H groups in total. The summed E-state index contributed by atoms with van der Waals surface area (Å²) in [5.74, 6) is -0.728. The molecule has 0 radical (unpaired) electrons. The van der Waals surface area contributed by atoms with Gasteiger partial charge in [-0.25, -0.2) is 8.78 Å². The van der Waals surface area contributed by atoms with E-state index in [1.807, 2.05) is 6.92 Å². The van der Waals surface area contributed by atoms with Crippen LogP contribution in [0, 0.1) is 18.6 Å². The molecule has 0 spiro atoms. The fourth-order valence-electron chi connectivity index (χ4n) is 1.67. The summed E-state index contributed by atoms with van der Waals surface area (Å²) < 4.78 is 31.3. The van der Waals surface area contributed by atoms with Gasteiger partial charge in [0.2, 0.25) is 0 Å². The van der Waals surface area contributed by atoms with Gasteiger partial charge in [-0.15, -0.1) is 0 Å². The Morgan fingerprint density at radius 2 is 1.67 bits per heavy atom. The van der Waals surface area contributed by atoms with E-state index in [1.54, 1.807) is 12.1 Å². The van der Waals surface area contributed by atoms with Gasteiger partial charge in [0.25, 0.3) is 0 Å². The largest absolute Gasteiger partial charge is 0.508 e. The summed E-state index contributed by atoms with van der Waals surface area (Å²) >= 11 is 0. The van der Waals surface area contributed by atoms with Gasteiger partial charge in [-0.05, 0) is 42.3 Å². The molecule has 0 amide bonds. The predicted molar refractivity (Wildman–Crippen MR) is 63.5 cm³/mol. The van der Waals surface area contributed by atoms with Crippen LogP contribution in [0.4, 0.5) is 8.78 Å². The van der Waals surface area contributed by atoms with Crippen LogP contribution in [-0.4, -0.2) is 5.11 Å². The minimum atomic E-state index is -0.638. The third kappa shape index (κ3) is 3.20. The number of halogens is 2. The van der Waals surface area contributed by atoms with Crippen LogP contribution in [0.3, 0.4) is 0 Å². The Hall–Kier alpha value is -2.10. The maximum Gasteiger partial charge on any atom is 0.126 e. The van der Waals surface area contributed by atoms with Gasteiger partial charge >= 0.3 is 0 Å². The zero-order valence-electron chi connectivity index (χ0n) is 9.78. The maximum absolute atomic E-state index is 12.9. The number of aromatic hydroxyl groups is 1. The first-order valence-corrected chi connectivity index (χ1v) is 5.41. The van der Waals surface area contributed by atoms with Crippen molar-refractivity contribution < 1.29 is 18.6 Å².